The van der Waals surface area contributed by atoms with Crippen LogP contribution in [0.3, 0.4) is 0 Å². The van der Waals surface area contributed by atoms with Gasteiger partial charge in [-0.25, -0.2) is 4.79 Å². The number of carbonyl (C=O) groups excluding carboxylic acids is 2. The fourth-order valence-corrected chi connectivity index (χ4v) is 5.07. The second kappa shape index (κ2) is 5.67. The van der Waals surface area contributed by atoms with Crippen molar-refractivity contribution in [2.24, 2.45) is 11.3 Å². The molecule has 1 unspecified atom stereocenters. The van der Waals surface area contributed by atoms with Gasteiger partial charge in [-0.1, -0.05) is 12.8 Å². The molecule has 1 saturated heterocycles. The second-order valence-electron chi connectivity index (χ2n) is 8.32. The molecular formula is C18H29N3O2. The number of amides is 3. The van der Waals surface area contributed by atoms with Crippen molar-refractivity contribution in [2.75, 3.05) is 6.54 Å². The van der Waals surface area contributed by atoms with Crippen LogP contribution in [0.1, 0.15) is 70.6 Å². The van der Waals surface area contributed by atoms with Crippen LogP contribution in [0.2, 0.25) is 0 Å². The third kappa shape index (κ3) is 2.62. The largest absolute Gasteiger partial charge is 0.349 e. The zero-order valence-corrected chi connectivity index (χ0v) is 14.0. The molecule has 5 heteroatoms. The van der Waals surface area contributed by atoms with Crippen molar-refractivity contribution in [3.8, 4) is 0 Å². The Hall–Kier alpha value is -1.26. The zero-order valence-electron chi connectivity index (χ0n) is 14.0. The van der Waals surface area contributed by atoms with Crippen molar-refractivity contribution in [1.82, 2.24) is 16.0 Å². The highest BCUT2D eigenvalue weighted by atomic mass is 16.2. The molecule has 3 N–H and O–H groups in total. The summed E-state index contributed by atoms with van der Waals surface area (Å²) < 4.78 is 0. The Morgan fingerprint density at radius 2 is 1.83 bits per heavy atom. The molecule has 0 bridgehead atoms. The molecule has 128 valence electrons. The van der Waals surface area contributed by atoms with Crippen molar-refractivity contribution in [2.45, 2.75) is 82.2 Å². The average molecular weight is 319 g/mol. The zero-order chi connectivity index (χ0) is 15.9. The fourth-order valence-electron chi connectivity index (χ4n) is 5.07. The molecule has 3 amide bonds. The van der Waals surface area contributed by atoms with Gasteiger partial charge in [0.1, 0.15) is 0 Å². The lowest BCUT2D eigenvalue weighted by Crippen LogP contribution is -2.69. The summed E-state index contributed by atoms with van der Waals surface area (Å²) in [5, 5.41) is 9.45. The lowest BCUT2D eigenvalue weighted by atomic mass is 9.55. The SMILES string of the molecule is O=C1CCC(NC(=O)NCC2(C3CCC3)CCC2)C2(CCC2)N1. The first kappa shape index (κ1) is 15.3. The van der Waals surface area contributed by atoms with Crippen molar-refractivity contribution in [3.05, 3.63) is 0 Å². The molecule has 4 fully saturated rings. The number of hydrogen-bond donors (Lipinski definition) is 3. The summed E-state index contributed by atoms with van der Waals surface area (Å²) in [6.45, 7) is 0.829. The van der Waals surface area contributed by atoms with Crippen LogP contribution in [0.4, 0.5) is 4.79 Å². The predicted octanol–water partition coefficient (Wildman–Crippen LogP) is 2.46. The topological polar surface area (TPSA) is 70.2 Å². The molecule has 0 radical (unpaired) electrons. The van der Waals surface area contributed by atoms with E-state index in [2.05, 4.69) is 16.0 Å². The molecule has 5 nitrogen and oxygen atoms in total. The van der Waals surface area contributed by atoms with Gasteiger partial charge in [0, 0.05) is 13.0 Å². The number of carbonyl (C=O) groups is 2. The van der Waals surface area contributed by atoms with Crippen LogP contribution < -0.4 is 16.0 Å². The number of urea groups is 1. The number of nitrogens with one attached hydrogen (secondary N) is 3. The Bertz CT molecular complexity index is 492. The van der Waals surface area contributed by atoms with Crippen molar-refractivity contribution in [1.29, 1.82) is 0 Å². The molecule has 4 aliphatic rings. The highest BCUT2D eigenvalue weighted by Crippen LogP contribution is 2.53. The minimum absolute atomic E-state index is 0.0389. The summed E-state index contributed by atoms with van der Waals surface area (Å²) in [6.07, 6.45) is 12.4. The maximum atomic E-state index is 12.4. The molecule has 1 heterocycles. The van der Waals surface area contributed by atoms with Crippen LogP contribution in [-0.2, 0) is 4.79 Å². The van der Waals surface area contributed by atoms with Crippen LogP contribution in [0.5, 0.6) is 0 Å². The molecule has 0 aromatic rings. The molecule has 4 rings (SSSR count). The van der Waals surface area contributed by atoms with Crippen LogP contribution in [-0.4, -0.2) is 30.1 Å². The minimum atomic E-state index is -0.158. The van der Waals surface area contributed by atoms with E-state index in [9.17, 15) is 9.59 Å². The first-order chi connectivity index (χ1) is 11.1. The molecule has 0 aromatic heterocycles. The molecule has 23 heavy (non-hydrogen) atoms. The first-order valence-electron chi connectivity index (χ1n) is 9.47. The highest BCUT2D eigenvalue weighted by Gasteiger charge is 2.49. The van der Waals surface area contributed by atoms with E-state index in [0.29, 0.717) is 11.8 Å². The normalized spacial score (nSPS) is 31.3. The van der Waals surface area contributed by atoms with Gasteiger partial charge in [0.2, 0.25) is 5.91 Å². The maximum absolute atomic E-state index is 12.4. The minimum Gasteiger partial charge on any atom is -0.349 e. The molecule has 1 spiro atoms. The molecule has 1 atom stereocenters. The molecule has 3 saturated carbocycles. The van der Waals surface area contributed by atoms with Gasteiger partial charge in [-0.15, -0.1) is 0 Å². The number of piperidine rings is 1. The van der Waals surface area contributed by atoms with Gasteiger partial charge in [0.15, 0.2) is 0 Å². The predicted molar refractivity (Wildman–Crippen MR) is 87.9 cm³/mol. The monoisotopic (exact) mass is 319 g/mol. The average Bonchev–Trinajstić information content (AvgIpc) is 2.39. The van der Waals surface area contributed by atoms with Crippen molar-refractivity contribution in [3.63, 3.8) is 0 Å². The Morgan fingerprint density at radius 3 is 2.35 bits per heavy atom. The Labute approximate surface area is 138 Å². The van der Waals surface area contributed by atoms with Crippen LogP contribution in [0.15, 0.2) is 0 Å². The Morgan fingerprint density at radius 1 is 1.09 bits per heavy atom. The third-order valence-corrected chi connectivity index (χ3v) is 7.19. The standard InChI is InChI=1S/C18H29N3O2/c22-15-7-6-14(18(21-15)10-3-11-18)20-16(23)19-12-17(8-2-9-17)13-4-1-5-13/h13-14H,1-12H2,(H,21,22)(H2,19,20,23). The van der Waals surface area contributed by atoms with E-state index < -0.39 is 0 Å². The highest BCUT2D eigenvalue weighted by molar-refractivity contribution is 5.79. The number of rotatable bonds is 4. The molecule has 1 aliphatic heterocycles. The van der Waals surface area contributed by atoms with E-state index in [0.717, 1.165) is 38.1 Å². The van der Waals surface area contributed by atoms with E-state index in [1.807, 2.05) is 0 Å². The van der Waals surface area contributed by atoms with E-state index in [1.54, 1.807) is 0 Å². The summed E-state index contributed by atoms with van der Waals surface area (Å²) in [6, 6.07) is 0.0537. The van der Waals surface area contributed by atoms with Gasteiger partial charge in [0.05, 0.1) is 11.6 Å². The van der Waals surface area contributed by atoms with Crippen LogP contribution in [0.25, 0.3) is 0 Å². The third-order valence-electron chi connectivity index (χ3n) is 7.19. The summed E-state index contributed by atoms with van der Waals surface area (Å²) in [4.78, 5) is 24.1. The lowest BCUT2D eigenvalue weighted by Gasteiger charge is -2.52. The van der Waals surface area contributed by atoms with Crippen LogP contribution in [0, 0.1) is 11.3 Å². The van der Waals surface area contributed by atoms with Gasteiger partial charge < -0.3 is 16.0 Å². The van der Waals surface area contributed by atoms with Gasteiger partial charge in [-0.05, 0) is 62.7 Å². The van der Waals surface area contributed by atoms with Crippen molar-refractivity contribution < 1.29 is 9.59 Å². The van der Waals surface area contributed by atoms with E-state index in [4.69, 9.17) is 0 Å². The summed E-state index contributed by atoms with van der Waals surface area (Å²) in [5.74, 6) is 0.977. The van der Waals surface area contributed by atoms with Crippen LogP contribution >= 0.6 is 0 Å². The van der Waals surface area contributed by atoms with E-state index >= 15 is 0 Å². The Balaban J connectivity index is 1.30. The first-order valence-corrected chi connectivity index (χ1v) is 9.47. The quantitative estimate of drug-likeness (QED) is 0.745. The molecular weight excluding hydrogens is 290 g/mol. The number of hydrogen-bond acceptors (Lipinski definition) is 2. The van der Waals surface area contributed by atoms with Gasteiger partial charge in [-0.2, -0.15) is 0 Å². The smallest absolute Gasteiger partial charge is 0.315 e. The van der Waals surface area contributed by atoms with E-state index in [1.165, 1.54) is 38.5 Å². The van der Waals surface area contributed by atoms with Gasteiger partial charge in [0.25, 0.3) is 0 Å². The van der Waals surface area contributed by atoms with Gasteiger partial charge in [-0.3, -0.25) is 4.79 Å². The summed E-state index contributed by atoms with van der Waals surface area (Å²) >= 11 is 0. The second-order valence-corrected chi connectivity index (χ2v) is 8.32. The summed E-state index contributed by atoms with van der Waals surface area (Å²) in [5.41, 5.74) is 0.235. The summed E-state index contributed by atoms with van der Waals surface area (Å²) in [7, 11) is 0. The van der Waals surface area contributed by atoms with E-state index in [-0.39, 0.29) is 23.5 Å². The fraction of sp³-hybridized carbons (Fsp3) is 0.889. The molecule has 3 aliphatic carbocycles. The van der Waals surface area contributed by atoms with Crippen molar-refractivity contribution >= 4 is 11.9 Å². The maximum Gasteiger partial charge on any atom is 0.315 e. The molecule has 0 aromatic carbocycles. The van der Waals surface area contributed by atoms with Gasteiger partial charge >= 0.3 is 6.03 Å². The Kier molecular flexibility index (Phi) is 3.77. The lowest BCUT2D eigenvalue weighted by molar-refractivity contribution is -0.127.